The molecular formula is C13H20N4O3. The number of nitrogens with one attached hydrogen (secondary N) is 2. The molecule has 1 aromatic heterocycles. The molecule has 0 radical (unpaired) electrons. The van der Waals surface area contributed by atoms with Crippen LogP contribution in [0.4, 0.5) is 0 Å². The minimum Gasteiger partial charge on any atom is -0.480 e. The number of aliphatic carboxylic acids is 1. The molecule has 0 aliphatic heterocycles. The molecule has 1 atom stereocenters. The van der Waals surface area contributed by atoms with Gasteiger partial charge in [-0.25, -0.2) is 9.78 Å². The molecule has 7 heteroatoms. The zero-order chi connectivity index (χ0) is 14.6. The summed E-state index contributed by atoms with van der Waals surface area (Å²) in [6, 6.07) is -0.995. The van der Waals surface area contributed by atoms with Crippen molar-refractivity contribution in [1.82, 2.24) is 15.3 Å². The molecule has 0 spiro atoms. The van der Waals surface area contributed by atoms with Gasteiger partial charge in [0.25, 0.3) is 0 Å². The number of carbonyl (C=O) groups excluding carboxylic acids is 1. The Bertz CT molecular complexity index is 466. The number of carboxylic acid groups (broad SMARTS) is 1. The summed E-state index contributed by atoms with van der Waals surface area (Å²) in [4.78, 5) is 30.2. The molecule has 1 aliphatic rings. The van der Waals surface area contributed by atoms with Crippen LogP contribution in [-0.4, -0.2) is 38.5 Å². The van der Waals surface area contributed by atoms with Crippen LogP contribution in [0.3, 0.4) is 0 Å². The van der Waals surface area contributed by atoms with Crippen molar-refractivity contribution >= 4 is 11.9 Å². The lowest BCUT2D eigenvalue weighted by Crippen LogP contribution is -2.58. The number of aromatic nitrogens is 2. The minimum atomic E-state index is -1.08. The van der Waals surface area contributed by atoms with Gasteiger partial charge >= 0.3 is 5.97 Å². The van der Waals surface area contributed by atoms with Crippen LogP contribution in [0.25, 0.3) is 0 Å². The van der Waals surface area contributed by atoms with Crippen LogP contribution >= 0.6 is 0 Å². The highest BCUT2D eigenvalue weighted by atomic mass is 16.4. The van der Waals surface area contributed by atoms with E-state index in [0.717, 1.165) is 19.3 Å². The van der Waals surface area contributed by atoms with E-state index in [1.165, 1.54) is 6.33 Å². The molecule has 1 heterocycles. The summed E-state index contributed by atoms with van der Waals surface area (Å²) in [5, 5.41) is 11.8. The first kappa shape index (κ1) is 14.5. The Morgan fingerprint density at radius 3 is 2.70 bits per heavy atom. The second kappa shape index (κ2) is 6.04. The van der Waals surface area contributed by atoms with Crippen LogP contribution in [0.5, 0.6) is 0 Å². The average molecular weight is 280 g/mol. The Morgan fingerprint density at radius 1 is 1.45 bits per heavy atom. The van der Waals surface area contributed by atoms with Crippen molar-refractivity contribution in [3.05, 3.63) is 18.2 Å². The number of nitrogens with zero attached hydrogens (tertiary/aromatic N) is 1. The van der Waals surface area contributed by atoms with Gasteiger partial charge in [-0.05, 0) is 12.8 Å². The van der Waals surface area contributed by atoms with Gasteiger partial charge in [-0.3, -0.25) is 4.79 Å². The predicted molar refractivity (Wildman–Crippen MR) is 71.9 cm³/mol. The summed E-state index contributed by atoms with van der Waals surface area (Å²) < 4.78 is 0. The summed E-state index contributed by atoms with van der Waals surface area (Å²) in [6.45, 7) is 0. The van der Waals surface area contributed by atoms with Gasteiger partial charge < -0.3 is 21.1 Å². The van der Waals surface area contributed by atoms with Gasteiger partial charge in [0.2, 0.25) is 5.91 Å². The zero-order valence-electron chi connectivity index (χ0n) is 11.3. The van der Waals surface area contributed by atoms with Gasteiger partial charge in [0.15, 0.2) is 0 Å². The van der Waals surface area contributed by atoms with Gasteiger partial charge in [-0.15, -0.1) is 0 Å². The molecule has 1 amide bonds. The number of carbonyl (C=O) groups is 2. The van der Waals surface area contributed by atoms with Crippen molar-refractivity contribution in [2.24, 2.45) is 5.73 Å². The summed E-state index contributed by atoms with van der Waals surface area (Å²) >= 11 is 0. The monoisotopic (exact) mass is 280 g/mol. The number of carboxylic acids is 1. The fraction of sp³-hybridized carbons (Fsp3) is 0.615. The molecule has 1 aliphatic carbocycles. The van der Waals surface area contributed by atoms with E-state index in [0.29, 0.717) is 18.5 Å². The number of aromatic amines is 1. The molecule has 0 saturated heterocycles. The maximum atomic E-state index is 12.2. The van der Waals surface area contributed by atoms with E-state index in [1.54, 1.807) is 6.20 Å². The Morgan fingerprint density at radius 2 is 2.15 bits per heavy atom. The average Bonchev–Trinajstić information content (AvgIpc) is 2.91. The highest BCUT2D eigenvalue weighted by molar-refractivity contribution is 5.90. The van der Waals surface area contributed by atoms with E-state index in [1.807, 2.05) is 0 Å². The van der Waals surface area contributed by atoms with E-state index >= 15 is 0 Å². The van der Waals surface area contributed by atoms with E-state index in [9.17, 15) is 14.7 Å². The van der Waals surface area contributed by atoms with Gasteiger partial charge in [0.05, 0.1) is 11.9 Å². The van der Waals surface area contributed by atoms with Crippen molar-refractivity contribution in [1.29, 1.82) is 0 Å². The number of hydrogen-bond donors (Lipinski definition) is 4. The third-order valence-electron chi connectivity index (χ3n) is 3.78. The van der Waals surface area contributed by atoms with Crippen molar-refractivity contribution in [3.63, 3.8) is 0 Å². The first-order valence-electron chi connectivity index (χ1n) is 6.81. The molecule has 1 saturated carbocycles. The standard InChI is InChI=1S/C13H20N4O3/c14-13(4-2-1-3-5-13)12(20)17-10(11(18)19)6-9-7-15-8-16-9/h7-8,10H,1-6,14H2,(H,15,16)(H,17,20)(H,18,19)/t10-/m1/s1. The second-order valence-electron chi connectivity index (χ2n) is 5.36. The number of H-pyrrole nitrogens is 1. The van der Waals surface area contributed by atoms with Crippen LogP contribution < -0.4 is 11.1 Å². The fourth-order valence-corrected chi connectivity index (χ4v) is 2.53. The molecule has 5 N–H and O–H groups in total. The van der Waals surface area contributed by atoms with Crippen LogP contribution in [0.15, 0.2) is 12.5 Å². The smallest absolute Gasteiger partial charge is 0.326 e. The summed E-state index contributed by atoms with van der Waals surface area (Å²) in [6.07, 6.45) is 7.28. The highest BCUT2D eigenvalue weighted by Gasteiger charge is 2.37. The summed E-state index contributed by atoms with van der Waals surface area (Å²) in [5.74, 6) is -1.45. The van der Waals surface area contributed by atoms with Gasteiger partial charge in [0.1, 0.15) is 6.04 Å². The molecule has 7 nitrogen and oxygen atoms in total. The van der Waals surface area contributed by atoms with E-state index < -0.39 is 17.6 Å². The summed E-state index contributed by atoms with van der Waals surface area (Å²) in [5.41, 5.74) is 5.83. The Labute approximate surface area is 117 Å². The number of imidazole rings is 1. The van der Waals surface area contributed by atoms with Crippen LogP contribution in [0.1, 0.15) is 37.8 Å². The lowest BCUT2D eigenvalue weighted by molar-refractivity contribution is -0.143. The molecule has 1 aromatic rings. The maximum absolute atomic E-state index is 12.2. The van der Waals surface area contributed by atoms with Crippen LogP contribution in [0.2, 0.25) is 0 Å². The highest BCUT2D eigenvalue weighted by Crippen LogP contribution is 2.26. The Kier molecular flexibility index (Phi) is 4.39. The molecule has 1 fully saturated rings. The second-order valence-corrected chi connectivity index (χ2v) is 5.36. The number of hydrogen-bond acceptors (Lipinski definition) is 4. The number of amides is 1. The lowest BCUT2D eigenvalue weighted by atomic mass is 9.81. The first-order valence-corrected chi connectivity index (χ1v) is 6.81. The topological polar surface area (TPSA) is 121 Å². The zero-order valence-corrected chi connectivity index (χ0v) is 11.3. The molecule has 0 aromatic carbocycles. The van der Waals surface area contributed by atoms with Gasteiger partial charge in [-0.1, -0.05) is 19.3 Å². The molecule has 110 valence electrons. The summed E-state index contributed by atoms with van der Waals surface area (Å²) in [7, 11) is 0. The number of nitrogens with two attached hydrogens (primary N) is 1. The fourth-order valence-electron chi connectivity index (χ4n) is 2.53. The molecule has 0 bridgehead atoms. The molecular weight excluding hydrogens is 260 g/mol. The largest absolute Gasteiger partial charge is 0.480 e. The van der Waals surface area contributed by atoms with Gasteiger partial charge in [0, 0.05) is 18.3 Å². The van der Waals surface area contributed by atoms with Gasteiger partial charge in [-0.2, -0.15) is 0 Å². The number of rotatable bonds is 5. The van der Waals surface area contributed by atoms with Crippen molar-refractivity contribution < 1.29 is 14.7 Å². The van der Waals surface area contributed by atoms with Crippen molar-refractivity contribution in [2.45, 2.75) is 50.1 Å². The minimum absolute atomic E-state index is 0.164. The van der Waals surface area contributed by atoms with Crippen molar-refractivity contribution in [2.75, 3.05) is 0 Å². The van der Waals surface area contributed by atoms with Crippen LogP contribution in [0, 0.1) is 0 Å². The molecule has 20 heavy (non-hydrogen) atoms. The third kappa shape index (κ3) is 3.36. The SMILES string of the molecule is NC1(C(=O)N[C@H](Cc2cnc[nH]2)C(=O)O)CCCCC1. The van der Waals surface area contributed by atoms with Crippen LogP contribution in [-0.2, 0) is 16.0 Å². The van der Waals surface area contributed by atoms with E-state index in [2.05, 4.69) is 15.3 Å². The predicted octanol–water partition coefficient (Wildman–Crippen LogP) is 0.183. The Balaban J connectivity index is 2.00. The maximum Gasteiger partial charge on any atom is 0.326 e. The lowest BCUT2D eigenvalue weighted by Gasteiger charge is -2.32. The first-order chi connectivity index (χ1) is 9.51. The Hall–Kier alpha value is -1.89. The molecule has 2 rings (SSSR count). The van der Waals surface area contributed by atoms with E-state index in [-0.39, 0.29) is 12.3 Å². The third-order valence-corrected chi connectivity index (χ3v) is 3.78. The quantitative estimate of drug-likeness (QED) is 0.613. The molecule has 0 unspecified atom stereocenters. The van der Waals surface area contributed by atoms with E-state index in [4.69, 9.17) is 5.73 Å². The normalized spacial score (nSPS) is 19.2. The van der Waals surface area contributed by atoms with Crippen molar-refractivity contribution in [3.8, 4) is 0 Å².